The van der Waals surface area contributed by atoms with E-state index in [1.165, 1.54) is 18.2 Å². The molecule has 1 fully saturated rings. The van der Waals surface area contributed by atoms with Crippen molar-refractivity contribution >= 4 is 15.9 Å². The van der Waals surface area contributed by atoms with Gasteiger partial charge in [0.25, 0.3) is 0 Å². The molecule has 6 nitrogen and oxygen atoms in total. The summed E-state index contributed by atoms with van der Waals surface area (Å²) in [5.74, 6) is -0.668. The van der Waals surface area contributed by atoms with Crippen molar-refractivity contribution in [3.63, 3.8) is 0 Å². The molecule has 3 aromatic carbocycles. The number of amides is 1. The second kappa shape index (κ2) is 8.90. The van der Waals surface area contributed by atoms with E-state index in [4.69, 9.17) is 0 Å². The van der Waals surface area contributed by atoms with Crippen molar-refractivity contribution in [2.75, 3.05) is 13.1 Å². The van der Waals surface area contributed by atoms with Crippen LogP contribution < -0.4 is 0 Å². The number of hydrogen-bond donors (Lipinski definition) is 2. The highest BCUT2D eigenvalue weighted by Crippen LogP contribution is 2.47. The average molecular weight is 524 g/mol. The summed E-state index contributed by atoms with van der Waals surface area (Å²) in [4.78, 5) is 12.3. The first-order chi connectivity index (χ1) is 16.8. The lowest BCUT2D eigenvalue weighted by molar-refractivity contribution is -0.248. The zero-order valence-electron chi connectivity index (χ0n) is 18.6. The highest BCUT2D eigenvalue weighted by Gasteiger charge is 2.57. The third-order valence-electron chi connectivity index (χ3n) is 6.57. The van der Waals surface area contributed by atoms with E-state index in [2.05, 4.69) is 0 Å². The number of nitrogens with zero attached hydrogens (tertiary/aromatic N) is 1. The molecule has 2 atom stereocenters. The van der Waals surface area contributed by atoms with Crippen LogP contribution in [-0.4, -0.2) is 48.9 Å². The van der Waals surface area contributed by atoms with Crippen LogP contribution in [0.15, 0.2) is 83.8 Å². The minimum atomic E-state index is -5.10. The minimum Gasteiger partial charge on any atom is -0.465 e. The maximum atomic E-state index is 14.1. The molecule has 0 bridgehead atoms. The van der Waals surface area contributed by atoms with Crippen molar-refractivity contribution in [1.29, 1.82) is 0 Å². The number of carboxylic acid groups (broad SMARTS) is 1. The van der Waals surface area contributed by atoms with Crippen molar-refractivity contribution in [3.05, 3.63) is 101 Å². The monoisotopic (exact) mass is 523 g/mol. The summed E-state index contributed by atoms with van der Waals surface area (Å²) in [7, 11) is -4.32. The molecule has 1 amide bonds. The molecule has 190 valence electrons. The van der Waals surface area contributed by atoms with E-state index in [0.717, 1.165) is 65.6 Å². The molecule has 3 aromatic rings. The number of aliphatic hydroxyl groups is 1. The molecule has 0 aromatic heterocycles. The van der Waals surface area contributed by atoms with Crippen LogP contribution in [-0.2, 0) is 20.2 Å². The normalized spacial score (nSPS) is 20.2. The number of carbonyl (C=O) groups is 1. The molecule has 1 heterocycles. The van der Waals surface area contributed by atoms with Gasteiger partial charge in [-0.1, -0.05) is 54.6 Å². The van der Waals surface area contributed by atoms with Crippen LogP contribution in [0.25, 0.3) is 0 Å². The smallest absolute Gasteiger partial charge is 0.425 e. The molecule has 1 aliphatic rings. The Morgan fingerprint density at radius 1 is 0.889 bits per heavy atom. The summed E-state index contributed by atoms with van der Waals surface area (Å²) >= 11 is 0. The Bertz CT molecular complexity index is 1360. The fourth-order valence-corrected chi connectivity index (χ4v) is 6.66. The molecule has 0 radical (unpaired) electrons. The van der Waals surface area contributed by atoms with Gasteiger partial charge in [-0.2, -0.15) is 13.2 Å². The first-order valence-corrected chi connectivity index (χ1v) is 12.2. The third-order valence-corrected chi connectivity index (χ3v) is 9.06. The van der Waals surface area contributed by atoms with E-state index in [1.807, 2.05) is 0 Å². The maximum Gasteiger partial charge on any atom is 0.425 e. The molecule has 2 N–H and O–H groups in total. The van der Waals surface area contributed by atoms with Crippen molar-refractivity contribution in [1.82, 2.24) is 4.90 Å². The van der Waals surface area contributed by atoms with Gasteiger partial charge in [-0.3, -0.25) is 0 Å². The fourth-order valence-electron chi connectivity index (χ4n) is 4.58. The maximum absolute atomic E-state index is 14.1. The van der Waals surface area contributed by atoms with Crippen molar-refractivity contribution < 1.29 is 41.0 Å². The molecule has 1 saturated heterocycles. The molecular formula is C25H21F4NO5S. The Balaban J connectivity index is 1.85. The molecule has 0 saturated carbocycles. The first-order valence-electron chi connectivity index (χ1n) is 10.8. The van der Waals surface area contributed by atoms with Crippen LogP contribution in [0.2, 0.25) is 0 Å². The van der Waals surface area contributed by atoms with Gasteiger partial charge in [-0.05, 0) is 47.4 Å². The summed E-state index contributed by atoms with van der Waals surface area (Å²) in [6, 6.07) is 14.8. The largest absolute Gasteiger partial charge is 0.465 e. The third kappa shape index (κ3) is 4.01. The fraction of sp³-hybridized carbons (Fsp3) is 0.240. The molecule has 36 heavy (non-hydrogen) atoms. The van der Waals surface area contributed by atoms with Gasteiger partial charge in [0.05, 0.1) is 4.90 Å². The highest BCUT2D eigenvalue weighted by atomic mass is 32.2. The molecular weight excluding hydrogens is 502 g/mol. The topological polar surface area (TPSA) is 94.9 Å². The molecule has 0 spiro atoms. The Labute approximate surface area is 204 Å². The van der Waals surface area contributed by atoms with Gasteiger partial charge in [0.15, 0.2) is 9.84 Å². The number of rotatable bonds is 5. The van der Waals surface area contributed by atoms with Gasteiger partial charge < -0.3 is 15.1 Å². The van der Waals surface area contributed by atoms with Gasteiger partial charge in [-0.25, -0.2) is 17.6 Å². The lowest BCUT2D eigenvalue weighted by atomic mass is 9.84. The minimum absolute atomic E-state index is 0.0527. The summed E-state index contributed by atoms with van der Waals surface area (Å²) in [6.45, 7) is -0.600. The van der Waals surface area contributed by atoms with E-state index < -0.39 is 55.9 Å². The van der Waals surface area contributed by atoms with Gasteiger partial charge in [0, 0.05) is 13.1 Å². The SMILES string of the molecule is O=C(O)N1CCC(c2ccc([C@@](O)(c3ccccc3)C(F)(F)F)cc2)(S(=O)(=O)c2ccc(F)cc2)C1. The molecule has 1 aliphatic heterocycles. The van der Waals surface area contributed by atoms with Crippen LogP contribution >= 0.6 is 0 Å². The van der Waals surface area contributed by atoms with Crippen LogP contribution in [0.5, 0.6) is 0 Å². The molecule has 4 rings (SSSR count). The Morgan fingerprint density at radius 3 is 1.94 bits per heavy atom. The molecule has 11 heteroatoms. The summed E-state index contributed by atoms with van der Waals surface area (Å²) in [5, 5.41) is 20.3. The predicted octanol–water partition coefficient (Wildman–Crippen LogP) is 4.68. The standard InChI is InChI=1S/C25H21F4NO5S/c26-20-10-12-21(13-11-20)36(34,35)23(14-15-30(16-23)22(31)32)17-6-8-19(9-7-17)24(33,25(27,28)29)18-4-2-1-3-5-18/h1-13,33H,14-16H2,(H,31,32)/t23?,24-/m0/s1. The second-order valence-corrected chi connectivity index (χ2v) is 10.8. The van der Waals surface area contributed by atoms with E-state index in [-0.39, 0.29) is 23.4 Å². The molecule has 0 aliphatic carbocycles. The van der Waals surface area contributed by atoms with E-state index in [1.54, 1.807) is 0 Å². The van der Waals surface area contributed by atoms with Crippen LogP contribution in [0.1, 0.15) is 23.1 Å². The number of hydrogen-bond acceptors (Lipinski definition) is 4. The number of likely N-dealkylation sites (tertiary alicyclic amines) is 1. The number of benzene rings is 3. The lowest BCUT2D eigenvalue weighted by Crippen LogP contribution is -2.43. The van der Waals surface area contributed by atoms with Gasteiger partial charge in [-0.15, -0.1) is 0 Å². The zero-order valence-corrected chi connectivity index (χ0v) is 19.4. The van der Waals surface area contributed by atoms with Gasteiger partial charge in [0.1, 0.15) is 10.6 Å². The quantitative estimate of drug-likeness (QED) is 0.374. The van der Waals surface area contributed by atoms with Crippen LogP contribution in [0.4, 0.5) is 22.4 Å². The van der Waals surface area contributed by atoms with E-state index in [9.17, 15) is 41.0 Å². The first kappa shape index (κ1) is 25.6. The zero-order chi connectivity index (χ0) is 26.4. The lowest BCUT2D eigenvalue weighted by Gasteiger charge is -2.33. The van der Waals surface area contributed by atoms with Crippen LogP contribution in [0, 0.1) is 5.82 Å². The average Bonchev–Trinajstić information content (AvgIpc) is 3.32. The van der Waals surface area contributed by atoms with Crippen molar-refractivity contribution in [3.8, 4) is 0 Å². The Morgan fingerprint density at radius 2 is 1.44 bits per heavy atom. The number of alkyl halides is 3. The van der Waals surface area contributed by atoms with Crippen LogP contribution in [0.3, 0.4) is 0 Å². The number of halogens is 4. The summed E-state index contributed by atoms with van der Waals surface area (Å²) in [6.07, 6.45) is -6.61. The molecule has 1 unspecified atom stereocenters. The predicted molar refractivity (Wildman–Crippen MR) is 121 cm³/mol. The van der Waals surface area contributed by atoms with Gasteiger partial charge >= 0.3 is 12.3 Å². The Hall–Kier alpha value is -3.44. The summed E-state index contributed by atoms with van der Waals surface area (Å²) in [5.41, 5.74) is -4.26. The number of sulfone groups is 1. The van der Waals surface area contributed by atoms with E-state index >= 15 is 0 Å². The van der Waals surface area contributed by atoms with E-state index in [0.29, 0.717) is 0 Å². The van der Waals surface area contributed by atoms with Gasteiger partial charge in [0.2, 0.25) is 5.60 Å². The summed E-state index contributed by atoms with van der Waals surface area (Å²) < 4.78 is 81.3. The second-order valence-electron chi connectivity index (χ2n) is 8.56. The highest BCUT2D eigenvalue weighted by molar-refractivity contribution is 7.92. The van der Waals surface area contributed by atoms with Crippen molar-refractivity contribution in [2.45, 2.75) is 27.8 Å². The Kier molecular flexibility index (Phi) is 6.34. The van der Waals surface area contributed by atoms with Crippen molar-refractivity contribution in [2.24, 2.45) is 0 Å².